The van der Waals surface area contributed by atoms with Crippen LogP contribution in [0.4, 0.5) is 0 Å². The molecule has 0 aliphatic carbocycles. The number of carboxylic acids is 4. The van der Waals surface area contributed by atoms with Crippen molar-refractivity contribution in [2.75, 3.05) is 0 Å². The first-order valence-corrected chi connectivity index (χ1v) is 6.95. The van der Waals surface area contributed by atoms with Crippen LogP contribution in [0.25, 0.3) is 0 Å². The van der Waals surface area contributed by atoms with Crippen LogP contribution in [0.1, 0.15) is 27.1 Å². The van der Waals surface area contributed by atoms with Crippen molar-refractivity contribution >= 4 is 35.3 Å². The molecular formula is C14H17N2O8+. The van der Waals surface area contributed by atoms with Crippen molar-refractivity contribution in [3.63, 3.8) is 0 Å². The third-order valence-corrected chi connectivity index (χ3v) is 3.17. The lowest BCUT2D eigenvalue weighted by molar-refractivity contribution is -0.139. The third-order valence-electron chi connectivity index (χ3n) is 3.17. The fraction of sp³-hybridized carbons (Fsp3) is 0.429. The van der Waals surface area contributed by atoms with Gasteiger partial charge in [0.05, 0.1) is 0 Å². The SMILES string of the molecule is O=C(O)C1=NC(C(=O)O)CC=C1.O=C(O)C1=NC(C(=O)O)CCC1.[H+]. The van der Waals surface area contributed by atoms with Gasteiger partial charge in [0.2, 0.25) is 0 Å². The van der Waals surface area contributed by atoms with Crippen LogP contribution in [0.2, 0.25) is 0 Å². The average molecular weight is 341 g/mol. The lowest BCUT2D eigenvalue weighted by atomic mass is 10.0. The summed E-state index contributed by atoms with van der Waals surface area (Å²) in [5.74, 6) is -4.45. The van der Waals surface area contributed by atoms with Gasteiger partial charge in [0.25, 0.3) is 0 Å². The quantitative estimate of drug-likeness (QED) is 0.560. The summed E-state index contributed by atoms with van der Waals surface area (Å²) in [4.78, 5) is 48.7. The highest BCUT2D eigenvalue weighted by Gasteiger charge is 2.24. The van der Waals surface area contributed by atoms with E-state index < -0.39 is 36.0 Å². The van der Waals surface area contributed by atoms with Crippen molar-refractivity contribution in [1.82, 2.24) is 0 Å². The third kappa shape index (κ3) is 5.63. The van der Waals surface area contributed by atoms with Gasteiger partial charge in [0.1, 0.15) is 17.5 Å². The monoisotopic (exact) mass is 341 g/mol. The average Bonchev–Trinajstić information content (AvgIpc) is 2.55. The summed E-state index contributed by atoms with van der Waals surface area (Å²) in [6.07, 6.45) is 4.45. The Bertz CT molecular complexity index is 629. The van der Waals surface area contributed by atoms with E-state index >= 15 is 0 Å². The smallest absolute Gasteiger partial charge is 0.480 e. The van der Waals surface area contributed by atoms with Crippen LogP contribution < -0.4 is 0 Å². The van der Waals surface area contributed by atoms with E-state index in [4.69, 9.17) is 20.4 Å². The second kappa shape index (κ2) is 8.56. The number of carboxylic acid groups (broad SMARTS) is 4. The van der Waals surface area contributed by atoms with Crippen molar-refractivity contribution < 1.29 is 41.0 Å². The zero-order chi connectivity index (χ0) is 18.3. The Labute approximate surface area is 137 Å². The molecule has 0 aromatic heterocycles. The molecule has 0 radical (unpaired) electrons. The highest BCUT2D eigenvalue weighted by Crippen LogP contribution is 2.13. The van der Waals surface area contributed by atoms with Crippen molar-refractivity contribution in [3.8, 4) is 0 Å². The molecular weight excluding hydrogens is 324 g/mol. The number of rotatable bonds is 4. The lowest BCUT2D eigenvalue weighted by Gasteiger charge is -2.14. The Morgan fingerprint density at radius 3 is 2.08 bits per heavy atom. The number of aliphatic imine (C=N–C) groups is 2. The molecule has 2 aliphatic heterocycles. The van der Waals surface area contributed by atoms with Gasteiger partial charge in [0, 0.05) is 0 Å². The number of nitrogens with zero attached hydrogens (tertiary/aromatic N) is 2. The van der Waals surface area contributed by atoms with Gasteiger partial charge < -0.3 is 20.4 Å². The van der Waals surface area contributed by atoms with Crippen LogP contribution in [-0.2, 0) is 19.2 Å². The number of hydrogen-bond acceptors (Lipinski definition) is 6. The summed E-state index contributed by atoms with van der Waals surface area (Å²) in [5.41, 5.74) is -0.220. The van der Waals surface area contributed by atoms with Gasteiger partial charge in [0.15, 0.2) is 6.04 Å². The molecule has 2 heterocycles. The van der Waals surface area contributed by atoms with E-state index in [1.165, 1.54) is 12.2 Å². The standard InChI is InChI=1S/C7H9NO4.C7H7NO4/c2*9-6(10)4-2-1-3-5(8-4)7(11)12/h4H,1-3H2,(H,9,10)(H,11,12);1-2,5H,3H2,(H,9,10)(H,11,12)/p+1. The van der Waals surface area contributed by atoms with Crippen LogP contribution in [0.15, 0.2) is 22.1 Å². The molecule has 2 aliphatic rings. The molecule has 2 atom stereocenters. The Hall–Kier alpha value is -3.04. The Kier molecular flexibility index (Phi) is 6.78. The van der Waals surface area contributed by atoms with Crippen LogP contribution in [0, 0.1) is 0 Å². The molecule has 0 saturated heterocycles. The van der Waals surface area contributed by atoms with Crippen LogP contribution in [0.5, 0.6) is 0 Å². The summed E-state index contributed by atoms with van der Waals surface area (Å²) in [6, 6.07) is -1.80. The number of dihydropyridines is 1. The summed E-state index contributed by atoms with van der Waals surface area (Å²) >= 11 is 0. The number of aliphatic carboxylic acids is 4. The Balaban J connectivity index is 0.000000443. The number of carbonyl (C=O) groups is 4. The summed E-state index contributed by atoms with van der Waals surface area (Å²) in [7, 11) is 0. The first-order valence-electron chi connectivity index (χ1n) is 6.95. The molecule has 0 aromatic carbocycles. The molecule has 0 spiro atoms. The molecule has 10 nitrogen and oxygen atoms in total. The predicted molar refractivity (Wildman–Crippen MR) is 81.7 cm³/mol. The van der Waals surface area contributed by atoms with Gasteiger partial charge in [-0.25, -0.2) is 19.2 Å². The lowest BCUT2D eigenvalue weighted by Crippen LogP contribution is -2.27. The normalized spacial score (nSPS) is 22.3. The van der Waals surface area contributed by atoms with Crippen molar-refractivity contribution in [2.24, 2.45) is 9.98 Å². The fourth-order valence-electron chi connectivity index (χ4n) is 1.98. The van der Waals surface area contributed by atoms with E-state index in [9.17, 15) is 19.2 Å². The maximum absolute atomic E-state index is 10.4. The first kappa shape index (κ1) is 19.0. The summed E-state index contributed by atoms with van der Waals surface area (Å²) < 4.78 is 0. The summed E-state index contributed by atoms with van der Waals surface area (Å²) in [5, 5.41) is 34.0. The van der Waals surface area contributed by atoms with E-state index in [-0.39, 0.29) is 19.3 Å². The molecule has 0 saturated carbocycles. The molecule has 10 heteroatoms. The molecule has 130 valence electrons. The second-order valence-electron chi connectivity index (χ2n) is 4.94. The van der Waals surface area contributed by atoms with Gasteiger partial charge >= 0.3 is 25.3 Å². The van der Waals surface area contributed by atoms with E-state index in [2.05, 4.69) is 9.98 Å². The minimum atomic E-state index is -1.20. The van der Waals surface area contributed by atoms with E-state index in [0.717, 1.165) is 0 Å². The zero-order valence-electron chi connectivity index (χ0n) is 13.5. The van der Waals surface area contributed by atoms with Crippen molar-refractivity contribution in [1.29, 1.82) is 0 Å². The fourth-order valence-corrected chi connectivity index (χ4v) is 1.98. The highest BCUT2D eigenvalue weighted by molar-refractivity contribution is 6.40. The minimum Gasteiger partial charge on any atom is -0.480 e. The maximum atomic E-state index is 10.4. The molecule has 0 aromatic rings. The van der Waals surface area contributed by atoms with E-state index in [1.54, 1.807) is 0 Å². The molecule has 4 N–H and O–H groups in total. The topological polar surface area (TPSA) is 174 Å². The molecule has 2 unspecified atom stereocenters. The van der Waals surface area contributed by atoms with Crippen LogP contribution in [-0.4, -0.2) is 67.8 Å². The van der Waals surface area contributed by atoms with E-state index in [1.807, 2.05) is 0 Å². The molecule has 0 fully saturated rings. The number of hydrogen-bond donors (Lipinski definition) is 4. The van der Waals surface area contributed by atoms with Crippen LogP contribution >= 0.6 is 0 Å². The van der Waals surface area contributed by atoms with Gasteiger partial charge in [-0.3, -0.25) is 9.98 Å². The highest BCUT2D eigenvalue weighted by atomic mass is 16.4. The Morgan fingerprint density at radius 2 is 1.58 bits per heavy atom. The van der Waals surface area contributed by atoms with E-state index in [0.29, 0.717) is 19.3 Å². The van der Waals surface area contributed by atoms with Gasteiger partial charge in [-0.15, -0.1) is 0 Å². The van der Waals surface area contributed by atoms with Crippen molar-refractivity contribution in [3.05, 3.63) is 12.2 Å². The summed E-state index contributed by atoms with van der Waals surface area (Å²) in [6.45, 7) is 0. The Morgan fingerprint density at radius 1 is 0.958 bits per heavy atom. The predicted octanol–water partition coefficient (Wildman–Crippen LogP) is 0.187. The minimum absolute atomic E-state index is 0. The van der Waals surface area contributed by atoms with Crippen LogP contribution in [0.3, 0.4) is 0 Å². The van der Waals surface area contributed by atoms with Gasteiger partial charge in [-0.05, 0) is 31.8 Å². The molecule has 2 rings (SSSR count). The molecule has 0 amide bonds. The van der Waals surface area contributed by atoms with Crippen molar-refractivity contribution in [2.45, 2.75) is 37.8 Å². The molecule has 24 heavy (non-hydrogen) atoms. The second-order valence-corrected chi connectivity index (χ2v) is 4.94. The largest absolute Gasteiger partial charge is 1.00 e. The van der Waals surface area contributed by atoms with Gasteiger partial charge in [-0.1, -0.05) is 6.08 Å². The first-order chi connectivity index (χ1) is 11.2. The molecule has 0 bridgehead atoms. The maximum Gasteiger partial charge on any atom is 1.00 e. The van der Waals surface area contributed by atoms with Gasteiger partial charge in [-0.2, -0.15) is 0 Å². The zero-order valence-corrected chi connectivity index (χ0v) is 12.5.